The van der Waals surface area contributed by atoms with Crippen LogP contribution in [0.15, 0.2) is 22.7 Å². The molecule has 2 aromatic rings. The predicted octanol–water partition coefficient (Wildman–Crippen LogP) is 2.43. The number of hydrogen-bond donors (Lipinski definition) is 1. The molecule has 1 heterocycles. The molecule has 4 nitrogen and oxygen atoms in total. The van der Waals surface area contributed by atoms with Gasteiger partial charge in [0.2, 0.25) is 0 Å². The van der Waals surface area contributed by atoms with Gasteiger partial charge in [0.1, 0.15) is 15.8 Å². The largest absolute Gasteiger partial charge is 0.497 e. The molecule has 2 N–H and O–H groups in total. The molecule has 0 saturated heterocycles. The number of rotatable bonds is 3. The van der Waals surface area contributed by atoms with Crippen molar-refractivity contribution in [2.75, 3.05) is 7.11 Å². The van der Waals surface area contributed by atoms with E-state index in [2.05, 4.69) is 26.1 Å². The average molecular weight is 300 g/mol. The lowest BCUT2D eigenvalue weighted by atomic mass is 10.2. The number of ether oxygens (including phenoxy) is 1. The SMILES string of the molecule is COc1ccc(Br)c(-c2nnc(CN)s2)c1. The first-order chi connectivity index (χ1) is 7.74. The molecule has 0 aliphatic heterocycles. The van der Waals surface area contributed by atoms with Gasteiger partial charge in [-0.05, 0) is 18.2 Å². The molecular weight excluding hydrogens is 290 g/mol. The summed E-state index contributed by atoms with van der Waals surface area (Å²) in [5.74, 6) is 0.794. The quantitative estimate of drug-likeness (QED) is 0.945. The lowest BCUT2D eigenvalue weighted by molar-refractivity contribution is 0.415. The van der Waals surface area contributed by atoms with E-state index < -0.39 is 0 Å². The summed E-state index contributed by atoms with van der Waals surface area (Å²) in [7, 11) is 1.64. The maximum Gasteiger partial charge on any atom is 0.149 e. The van der Waals surface area contributed by atoms with Gasteiger partial charge in [-0.15, -0.1) is 10.2 Å². The van der Waals surface area contributed by atoms with Gasteiger partial charge >= 0.3 is 0 Å². The van der Waals surface area contributed by atoms with Crippen molar-refractivity contribution in [3.63, 3.8) is 0 Å². The van der Waals surface area contributed by atoms with Crippen molar-refractivity contribution in [3.8, 4) is 16.3 Å². The van der Waals surface area contributed by atoms with Crippen molar-refractivity contribution in [1.82, 2.24) is 10.2 Å². The molecule has 16 heavy (non-hydrogen) atoms. The summed E-state index contributed by atoms with van der Waals surface area (Å²) in [6, 6.07) is 5.74. The second-order valence-electron chi connectivity index (χ2n) is 3.05. The van der Waals surface area contributed by atoms with Gasteiger partial charge in [0, 0.05) is 16.6 Å². The van der Waals surface area contributed by atoms with Crippen LogP contribution in [0.5, 0.6) is 5.75 Å². The molecular formula is C10H10BrN3OS. The summed E-state index contributed by atoms with van der Waals surface area (Å²) < 4.78 is 6.14. The molecule has 0 atom stereocenters. The van der Waals surface area contributed by atoms with Crippen molar-refractivity contribution >= 4 is 27.3 Å². The Balaban J connectivity index is 2.45. The van der Waals surface area contributed by atoms with Gasteiger partial charge in [-0.25, -0.2) is 0 Å². The number of halogens is 1. The van der Waals surface area contributed by atoms with E-state index in [9.17, 15) is 0 Å². The molecule has 0 spiro atoms. The number of methoxy groups -OCH3 is 1. The zero-order valence-electron chi connectivity index (χ0n) is 8.61. The van der Waals surface area contributed by atoms with Gasteiger partial charge < -0.3 is 10.5 Å². The molecule has 84 valence electrons. The van der Waals surface area contributed by atoms with Gasteiger partial charge in [0.25, 0.3) is 0 Å². The summed E-state index contributed by atoms with van der Waals surface area (Å²) in [6.45, 7) is 0.416. The van der Waals surface area contributed by atoms with Crippen molar-refractivity contribution < 1.29 is 4.74 Å². The molecule has 0 radical (unpaired) electrons. The Morgan fingerprint density at radius 2 is 2.25 bits per heavy atom. The first kappa shape index (κ1) is 11.5. The smallest absolute Gasteiger partial charge is 0.149 e. The summed E-state index contributed by atoms with van der Waals surface area (Å²) >= 11 is 4.97. The topological polar surface area (TPSA) is 61.0 Å². The molecule has 1 aromatic heterocycles. The summed E-state index contributed by atoms with van der Waals surface area (Å²) in [5, 5.41) is 9.75. The van der Waals surface area contributed by atoms with Gasteiger partial charge in [-0.1, -0.05) is 27.3 Å². The van der Waals surface area contributed by atoms with E-state index in [4.69, 9.17) is 10.5 Å². The minimum absolute atomic E-state index is 0.416. The lowest BCUT2D eigenvalue weighted by Gasteiger charge is -2.03. The van der Waals surface area contributed by atoms with Crippen LogP contribution >= 0.6 is 27.3 Å². The zero-order chi connectivity index (χ0) is 11.5. The summed E-state index contributed by atoms with van der Waals surface area (Å²) in [4.78, 5) is 0. The first-order valence-corrected chi connectivity index (χ1v) is 6.22. The van der Waals surface area contributed by atoms with Gasteiger partial charge in [0.15, 0.2) is 0 Å². The zero-order valence-corrected chi connectivity index (χ0v) is 11.0. The molecule has 0 saturated carbocycles. The third-order valence-corrected chi connectivity index (χ3v) is 3.72. The third kappa shape index (κ3) is 2.23. The molecule has 1 aromatic carbocycles. The molecule has 6 heteroatoms. The van der Waals surface area contributed by atoms with Crippen molar-refractivity contribution in [2.24, 2.45) is 5.73 Å². The van der Waals surface area contributed by atoms with Crippen LogP contribution in [0.2, 0.25) is 0 Å². The molecule has 0 fully saturated rings. The monoisotopic (exact) mass is 299 g/mol. The van der Waals surface area contributed by atoms with Crippen LogP contribution in [0, 0.1) is 0 Å². The second kappa shape index (κ2) is 4.90. The van der Waals surface area contributed by atoms with Crippen molar-refractivity contribution in [3.05, 3.63) is 27.7 Å². The van der Waals surface area contributed by atoms with Crippen LogP contribution in [0.4, 0.5) is 0 Å². The Morgan fingerprint density at radius 1 is 1.44 bits per heavy atom. The molecule has 0 unspecified atom stereocenters. The van der Waals surface area contributed by atoms with Crippen molar-refractivity contribution in [2.45, 2.75) is 6.54 Å². The van der Waals surface area contributed by atoms with Crippen molar-refractivity contribution in [1.29, 1.82) is 0 Å². The highest BCUT2D eigenvalue weighted by molar-refractivity contribution is 9.10. The summed E-state index contributed by atoms with van der Waals surface area (Å²) in [6.07, 6.45) is 0. The highest BCUT2D eigenvalue weighted by Gasteiger charge is 2.10. The Hall–Kier alpha value is -0.980. The van der Waals surface area contributed by atoms with E-state index in [1.807, 2.05) is 18.2 Å². The van der Waals surface area contributed by atoms with Gasteiger partial charge in [0.05, 0.1) is 7.11 Å². The highest BCUT2D eigenvalue weighted by atomic mass is 79.9. The number of aromatic nitrogens is 2. The maximum atomic E-state index is 5.51. The lowest BCUT2D eigenvalue weighted by Crippen LogP contribution is -1.94. The fraction of sp³-hybridized carbons (Fsp3) is 0.200. The van der Waals surface area contributed by atoms with Crippen LogP contribution in [0.3, 0.4) is 0 Å². The fourth-order valence-corrected chi connectivity index (χ4v) is 2.55. The Labute approximate surface area is 106 Å². The standard InChI is InChI=1S/C10H10BrN3OS/c1-15-6-2-3-8(11)7(4-6)10-14-13-9(5-12)16-10/h2-4H,5,12H2,1H3. The Kier molecular flexibility index (Phi) is 3.52. The van der Waals surface area contributed by atoms with Crippen LogP contribution < -0.4 is 10.5 Å². The van der Waals surface area contributed by atoms with E-state index in [1.165, 1.54) is 11.3 Å². The average Bonchev–Trinajstić information content (AvgIpc) is 2.78. The highest BCUT2D eigenvalue weighted by Crippen LogP contribution is 2.33. The molecule has 2 rings (SSSR count). The van der Waals surface area contributed by atoms with Crippen LogP contribution in [-0.4, -0.2) is 17.3 Å². The second-order valence-corrected chi connectivity index (χ2v) is 4.97. The Morgan fingerprint density at radius 3 is 2.88 bits per heavy atom. The minimum Gasteiger partial charge on any atom is -0.497 e. The van der Waals surface area contributed by atoms with Crippen LogP contribution in [-0.2, 0) is 6.54 Å². The van der Waals surface area contributed by atoms with Crippen LogP contribution in [0.1, 0.15) is 5.01 Å². The number of hydrogen-bond acceptors (Lipinski definition) is 5. The Bertz CT molecular complexity index is 501. The van der Waals surface area contributed by atoms with E-state index in [0.29, 0.717) is 6.54 Å². The van der Waals surface area contributed by atoms with E-state index in [-0.39, 0.29) is 0 Å². The fourth-order valence-electron chi connectivity index (χ4n) is 1.24. The molecule has 0 amide bonds. The summed E-state index contributed by atoms with van der Waals surface area (Å²) in [5.41, 5.74) is 6.48. The van der Waals surface area contributed by atoms with E-state index in [1.54, 1.807) is 7.11 Å². The number of nitrogens with zero attached hydrogens (tertiary/aromatic N) is 2. The van der Waals surface area contributed by atoms with Gasteiger partial charge in [-0.3, -0.25) is 0 Å². The molecule has 0 aliphatic rings. The third-order valence-electron chi connectivity index (χ3n) is 2.05. The van der Waals surface area contributed by atoms with Crippen LogP contribution in [0.25, 0.3) is 10.6 Å². The van der Waals surface area contributed by atoms with Gasteiger partial charge in [-0.2, -0.15) is 0 Å². The maximum absolute atomic E-state index is 5.51. The van der Waals surface area contributed by atoms with E-state index in [0.717, 1.165) is 25.8 Å². The molecule has 0 bridgehead atoms. The minimum atomic E-state index is 0.416. The molecule has 0 aliphatic carbocycles. The predicted molar refractivity (Wildman–Crippen MR) is 67.5 cm³/mol. The normalized spacial score (nSPS) is 10.4. The number of benzene rings is 1. The van der Waals surface area contributed by atoms with E-state index >= 15 is 0 Å². The number of nitrogens with two attached hydrogens (primary N) is 1. The first-order valence-electron chi connectivity index (χ1n) is 4.61.